The maximum absolute atomic E-state index is 12.3. The molecule has 0 bridgehead atoms. The molecule has 0 heterocycles. The van der Waals surface area contributed by atoms with Gasteiger partial charge in [-0.2, -0.15) is 0 Å². The van der Waals surface area contributed by atoms with Crippen molar-refractivity contribution in [3.8, 4) is 5.75 Å². The normalized spacial score (nSPS) is 16.3. The molecule has 1 atom stereocenters. The predicted octanol–water partition coefficient (Wildman–Crippen LogP) is 3.21. The van der Waals surface area contributed by atoms with E-state index in [1.807, 2.05) is 48.3 Å². The first kappa shape index (κ1) is 13.7. The lowest BCUT2D eigenvalue weighted by atomic mass is 10.1. The van der Waals surface area contributed by atoms with E-state index in [2.05, 4.69) is 18.2 Å². The summed E-state index contributed by atoms with van der Waals surface area (Å²) < 4.78 is 5.55. The Hall–Kier alpha value is -2.29. The van der Waals surface area contributed by atoms with Crippen LogP contribution in [0.3, 0.4) is 0 Å². The Morgan fingerprint density at radius 3 is 2.67 bits per heavy atom. The van der Waals surface area contributed by atoms with E-state index in [1.54, 1.807) is 0 Å². The first-order chi connectivity index (χ1) is 10.3. The third-order valence-corrected chi connectivity index (χ3v) is 4.07. The number of hydrogen-bond donors (Lipinski definition) is 0. The van der Waals surface area contributed by atoms with Gasteiger partial charge in [-0.1, -0.05) is 42.5 Å². The molecule has 0 spiro atoms. The molecule has 0 N–H and O–H groups in total. The van der Waals surface area contributed by atoms with Gasteiger partial charge in [0.05, 0.1) is 6.04 Å². The van der Waals surface area contributed by atoms with E-state index in [1.165, 1.54) is 11.1 Å². The summed E-state index contributed by atoms with van der Waals surface area (Å²) >= 11 is 0. The number of hydrogen-bond acceptors (Lipinski definition) is 2. The Labute approximate surface area is 125 Å². The van der Waals surface area contributed by atoms with Crippen LogP contribution >= 0.6 is 0 Å². The van der Waals surface area contributed by atoms with Crippen LogP contribution < -0.4 is 4.74 Å². The van der Waals surface area contributed by atoms with E-state index in [4.69, 9.17) is 4.74 Å². The predicted molar refractivity (Wildman–Crippen MR) is 82.2 cm³/mol. The highest BCUT2D eigenvalue weighted by atomic mass is 16.5. The number of nitrogens with zero attached hydrogens (tertiary/aromatic N) is 1. The molecule has 0 saturated carbocycles. The molecule has 1 amide bonds. The number of carbonyl (C=O) groups is 1. The van der Waals surface area contributed by atoms with E-state index in [-0.39, 0.29) is 18.6 Å². The smallest absolute Gasteiger partial charge is 0.260 e. The summed E-state index contributed by atoms with van der Waals surface area (Å²) in [5.74, 6) is 0.742. The summed E-state index contributed by atoms with van der Waals surface area (Å²) in [6.45, 7) is 0.0825. The quantitative estimate of drug-likeness (QED) is 0.861. The van der Waals surface area contributed by atoms with E-state index >= 15 is 0 Å². The molecule has 0 fully saturated rings. The molecule has 0 aliphatic heterocycles. The minimum absolute atomic E-state index is 0.0144. The molecule has 0 aromatic heterocycles. The van der Waals surface area contributed by atoms with Gasteiger partial charge in [-0.3, -0.25) is 4.79 Å². The lowest BCUT2D eigenvalue weighted by molar-refractivity contribution is -0.134. The molecular formula is C18H19NO2. The van der Waals surface area contributed by atoms with Gasteiger partial charge in [-0.05, 0) is 36.1 Å². The van der Waals surface area contributed by atoms with Crippen LogP contribution in [0.25, 0.3) is 0 Å². The highest BCUT2D eigenvalue weighted by Gasteiger charge is 2.28. The van der Waals surface area contributed by atoms with Crippen molar-refractivity contribution in [2.24, 2.45) is 0 Å². The monoisotopic (exact) mass is 281 g/mol. The van der Waals surface area contributed by atoms with Crippen LogP contribution in [0, 0.1) is 0 Å². The van der Waals surface area contributed by atoms with Crippen LogP contribution in [0.4, 0.5) is 0 Å². The molecule has 2 aromatic rings. The van der Waals surface area contributed by atoms with Gasteiger partial charge in [-0.15, -0.1) is 0 Å². The van der Waals surface area contributed by atoms with Crippen molar-refractivity contribution in [2.75, 3.05) is 13.7 Å². The Kier molecular flexibility index (Phi) is 3.91. The fourth-order valence-corrected chi connectivity index (χ4v) is 2.87. The summed E-state index contributed by atoms with van der Waals surface area (Å²) in [5, 5.41) is 0. The summed E-state index contributed by atoms with van der Waals surface area (Å²) in [7, 11) is 1.86. The van der Waals surface area contributed by atoms with Crippen molar-refractivity contribution in [1.82, 2.24) is 4.90 Å². The van der Waals surface area contributed by atoms with Gasteiger partial charge in [0.25, 0.3) is 5.91 Å². The maximum Gasteiger partial charge on any atom is 0.260 e. The number of benzene rings is 2. The Morgan fingerprint density at radius 1 is 1.14 bits per heavy atom. The number of rotatable bonds is 4. The fourth-order valence-electron chi connectivity index (χ4n) is 2.87. The molecular weight excluding hydrogens is 262 g/mol. The molecule has 1 unspecified atom stereocenters. The van der Waals surface area contributed by atoms with Crippen molar-refractivity contribution in [3.05, 3.63) is 65.7 Å². The Balaban J connectivity index is 1.63. The van der Waals surface area contributed by atoms with E-state index in [0.717, 1.165) is 18.6 Å². The van der Waals surface area contributed by atoms with Crippen LogP contribution in [-0.2, 0) is 11.2 Å². The third kappa shape index (κ3) is 2.92. The first-order valence-corrected chi connectivity index (χ1v) is 7.27. The fraction of sp³-hybridized carbons (Fsp3) is 0.278. The van der Waals surface area contributed by atoms with Crippen molar-refractivity contribution in [3.63, 3.8) is 0 Å². The molecule has 3 rings (SSSR count). The van der Waals surface area contributed by atoms with Crippen molar-refractivity contribution in [1.29, 1.82) is 0 Å². The zero-order valence-corrected chi connectivity index (χ0v) is 12.2. The number of amides is 1. The summed E-state index contributed by atoms with van der Waals surface area (Å²) in [6, 6.07) is 18.0. The van der Waals surface area contributed by atoms with E-state index in [9.17, 15) is 4.79 Å². The number of carbonyl (C=O) groups excluding carboxylic acids is 1. The zero-order valence-electron chi connectivity index (χ0n) is 12.2. The number of likely N-dealkylation sites (N-methyl/N-ethyl adjacent to an activating group) is 1. The second kappa shape index (κ2) is 6.00. The highest BCUT2D eigenvalue weighted by molar-refractivity contribution is 5.78. The lowest BCUT2D eigenvalue weighted by Crippen LogP contribution is -2.34. The average molecular weight is 281 g/mol. The molecule has 0 saturated heterocycles. The van der Waals surface area contributed by atoms with Crippen LogP contribution in [0.1, 0.15) is 23.6 Å². The van der Waals surface area contributed by atoms with Gasteiger partial charge in [0, 0.05) is 7.05 Å². The van der Waals surface area contributed by atoms with Gasteiger partial charge in [-0.25, -0.2) is 0 Å². The zero-order chi connectivity index (χ0) is 14.7. The largest absolute Gasteiger partial charge is 0.484 e. The van der Waals surface area contributed by atoms with Crippen molar-refractivity contribution < 1.29 is 9.53 Å². The van der Waals surface area contributed by atoms with Crippen LogP contribution in [-0.4, -0.2) is 24.5 Å². The van der Waals surface area contributed by atoms with Crippen molar-refractivity contribution in [2.45, 2.75) is 18.9 Å². The summed E-state index contributed by atoms with van der Waals surface area (Å²) in [4.78, 5) is 14.1. The van der Waals surface area contributed by atoms with E-state index in [0.29, 0.717) is 0 Å². The first-order valence-electron chi connectivity index (χ1n) is 7.27. The molecule has 1 aliphatic carbocycles. The number of fused-ring (bicyclic) bond motifs is 1. The lowest BCUT2D eigenvalue weighted by Gasteiger charge is -2.25. The van der Waals surface area contributed by atoms with Gasteiger partial charge in [0.15, 0.2) is 6.61 Å². The molecule has 3 heteroatoms. The SMILES string of the molecule is CN(C(=O)COc1ccccc1)C1CCc2ccccc21. The van der Waals surface area contributed by atoms with Crippen LogP contribution in [0.15, 0.2) is 54.6 Å². The second-order valence-corrected chi connectivity index (χ2v) is 5.36. The molecule has 1 aliphatic rings. The topological polar surface area (TPSA) is 29.5 Å². The molecule has 2 aromatic carbocycles. The van der Waals surface area contributed by atoms with Gasteiger partial charge >= 0.3 is 0 Å². The highest BCUT2D eigenvalue weighted by Crippen LogP contribution is 2.34. The Bertz CT molecular complexity index is 624. The van der Waals surface area contributed by atoms with Crippen LogP contribution in [0.5, 0.6) is 5.75 Å². The standard InChI is InChI=1S/C18H19NO2/c1-19(17-12-11-14-7-5-6-10-16(14)17)18(20)13-21-15-8-3-2-4-9-15/h2-10,17H,11-13H2,1H3. The minimum Gasteiger partial charge on any atom is -0.484 e. The minimum atomic E-state index is 0.0144. The number of ether oxygens (including phenoxy) is 1. The van der Waals surface area contributed by atoms with Gasteiger partial charge in [0.1, 0.15) is 5.75 Å². The van der Waals surface area contributed by atoms with Crippen LogP contribution in [0.2, 0.25) is 0 Å². The van der Waals surface area contributed by atoms with Crippen molar-refractivity contribution >= 4 is 5.91 Å². The number of para-hydroxylation sites is 1. The third-order valence-electron chi connectivity index (χ3n) is 4.07. The van der Waals surface area contributed by atoms with Gasteiger partial charge < -0.3 is 9.64 Å². The Morgan fingerprint density at radius 2 is 1.86 bits per heavy atom. The molecule has 21 heavy (non-hydrogen) atoms. The average Bonchev–Trinajstić information content (AvgIpc) is 2.97. The molecule has 3 nitrogen and oxygen atoms in total. The molecule has 108 valence electrons. The van der Waals surface area contributed by atoms with E-state index < -0.39 is 0 Å². The summed E-state index contributed by atoms with van der Waals surface area (Å²) in [6.07, 6.45) is 2.03. The second-order valence-electron chi connectivity index (χ2n) is 5.36. The maximum atomic E-state index is 12.3. The molecule has 0 radical (unpaired) electrons. The summed E-state index contributed by atoms with van der Waals surface area (Å²) in [5.41, 5.74) is 2.62. The number of aryl methyl sites for hydroxylation is 1. The van der Waals surface area contributed by atoms with Gasteiger partial charge in [0.2, 0.25) is 0 Å².